The summed E-state index contributed by atoms with van der Waals surface area (Å²) in [5.41, 5.74) is 0. The van der Waals surface area contributed by atoms with Crippen molar-refractivity contribution in [3.63, 3.8) is 0 Å². The Bertz CT molecular complexity index is 199. The van der Waals surface area contributed by atoms with Crippen LogP contribution in [-0.4, -0.2) is 47.6 Å². The average molecular weight is 210 g/mol. The largest absolute Gasteiger partial charge is 0.298 e. The third kappa shape index (κ3) is 2.36. The minimum Gasteiger partial charge on any atom is -0.298 e. The van der Waals surface area contributed by atoms with Crippen molar-refractivity contribution in [1.82, 2.24) is 9.80 Å². The molecule has 15 heavy (non-hydrogen) atoms. The second kappa shape index (κ2) is 4.42. The van der Waals surface area contributed by atoms with Gasteiger partial charge in [0.25, 0.3) is 0 Å². The molecule has 0 amide bonds. The summed E-state index contributed by atoms with van der Waals surface area (Å²) in [6.45, 7) is 13.3. The van der Waals surface area contributed by atoms with Crippen LogP contribution < -0.4 is 0 Å². The molecule has 0 aromatic rings. The lowest BCUT2D eigenvalue weighted by atomic mass is 10.1. The van der Waals surface area contributed by atoms with Crippen molar-refractivity contribution in [2.75, 3.05) is 19.6 Å². The predicted octanol–water partition coefficient (Wildman–Crippen LogP) is 2.20. The van der Waals surface area contributed by atoms with Crippen molar-refractivity contribution in [1.29, 1.82) is 0 Å². The quantitative estimate of drug-likeness (QED) is 0.704. The van der Waals surface area contributed by atoms with Gasteiger partial charge in [0.15, 0.2) is 0 Å². The number of hydrogen-bond donors (Lipinski definition) is 0. The SMILES string of the molecule is CC(C)CN1C2CCC1CN(C(C)C)C2. The number of likely N-dealkylation sites (tertiary alicyclic amines) is 1. The van der Waals surface area contributed by atoms with Gasteiger partial charge in [0, 0.05) is 37.8 Å². The first-order valence-corrected chi connectivity index (χ1v) is 6.57. The Morgan fingerprint density at radius 3 is 1.93 bits per heavy atom. The van der Waals surface area contributed by atoms with E-state index in [9.17, 15) is 0 Å². The molecule has 0 aromatic heterocycles. The fraction of sp³-hybridized carbons (Fsp3) is 1.00. The van der Waals surface area contributed by atoms with Crippen molar-refractivity contribution in [2.45, 2.75) is 58.7 Å². The van der Waals surface area contributed by atoms with Gasteiger partial charge in [0.2, 0.25) is 0 Å². The van der Waals surface area contributed by atoms with Gasteiger partial charge in [-0.05, 0) is 32.6 Å². The van der Waals surface area contributed by atoms with E-state index in [0.717, 1.165) is 24.0 Å². The number of rotatable bonds is 3. The third-order valence-electron chi connectivity index (χ3n) is 3.97. The lowest BCUT2D eigenvalue weighted by molar-refractivity contribution is 0.0420. The van der Waals surface area contributed by atoms with Crippen LogP contribution >= 0.6 is 0 Å². The standard InChI is InChI=1S/C13H26N2/c1-10(2)7-15-12-5-6-13(15)9-14(8-12)11(3)4/h10-13H,5-9H2,1-4H3. The van der Waals surface area contributed by atoms with Crippen LogP contribution in [0.2, 0.25) is 0 Å². The molecule has 0 aromatic carbocycles. The summed E-state index contributed by atoms with van der Waals surface area (Å²) in [5.74, 6) is 0.818. The Kier molecular flexibility index (Phi) is 3.36. The fourth-order valence-electron chi connectivity index (χ4n) is 3.16. The van der Waals surface area contributed by atoms with Crippen molar-refractivity contribution < 1.29 is 0 Å². The van der Waals surface area contributed by atoms with Gasteiger partial charge in [-0.15, -0.1) is 0 Å². The van der Waals surface area contributed by atoms with Gasteiger partial charge >= 0.3 is 0 Å². The molecule has 0 aliphatic carbocycles. The van der Waals surface area contributed by atoms with Crippen molar-refractivity contribution >= 4 is 0 Å². The maximum atomic E-state index is 2.78. The normalized spacial score (nSPS) is 33.2. The number of piperazine rings is 1. The van der Waals surface area contributed by atoms with E-state index in [1.54, 1.807) is 0 Å². The third-order valence-corrected chi connectivity index (χ3v) is 3.97. The highest BCUT2D eigenvalue weighted by molar-refractivity contribution is 4.96. The van der Waals surface area contributed by atoms with Crippen LogP contribution in [0.15, 0.2) is 0 Å². The van der Waals surface area contributed by atoms with Crippen molar-refractivity contribution in [2.24, 2.45) is 5.92 Å². The van der Waals surface area contributed by atoms with Gasteiger partial charge < -0.3 is 0 Å². The minimum absolute atomic E-state index is 0.731. The summed E-state index contributed by atoms with van der Waals surface area (Å²) in [5, 5.41) is 0. The molecule has 2 saturated heterocycles. The molecule has 88 valence electrons. The van der Waals surface area contributed by atoms with Gasteiger partial charge in [-0.2, -0.15) is 0 Å². The zero-order valence-electron chi connectivity index (χ0n) is 10.7. The summed E-state index contributed by atoms with van der Waals surface area (Å²) >= 11 is 0. The molecule has 2 heterocycles. The van der Waals surface area contributed by atoms with E-state index in [1.807, 2.05) is 0 Å². The van der Waals surface area contributed by atoms with E-state index in [-0.39, 0.29) is 0 Å². The highest BCUT2D eigenvalue weighted by atomic mass is 15.3. The zero-order chi connectivity index (χ0) is 11.0. The minimum atomic E-state index is 0.731. The maximum Gasteiger partial charge on any atom is 0.0227 e. The second-order valence-electron chi connectivity index (χ2n) is 6.02. The van der Waals surface area contributed by atoms with Crippen molar-refractivity contribution in [3.05, 3.63) is 0 Å². The smallest absolute Gasteiger partial charge is 0.0227 e. The number of fused-ring (bicyclic) bond motifs is 2. The molecule has 2 bridgehead atoms. The molecule has 2 atom stereocenters. The maximum absolute atomic E-state index is 2.78. The molecule has 0 N–H and O–H groups in total. The van der Waals surface area contributed by atoms with Crippen LogP contribution in [0.5, 0.6) is 0 Å². The summed E-state index contributed by atoms with van der Waals surface area (Å²) in [4.78, 5) is 5.45. The van der Waals surface area contributed by atoms with E-state index < -0.39 is 0 Å². The van der Waals surface area contributed by atoms with E-state index >= 15 is 0 Å². The molecule has 2 aliphatic heterocycles. The van der Waals surface area contributed by atoms with Crippen LogP contribution in [0.25, 0.3) is 0 Å². The first-order chi connectivity index (χ1) is 7.08. The summed E-state index contributed by atoms with van der Waals surface area (Å²) < 4.78 is 0. The Balaban J connectivity index is 1.97. The molecule has 2 nitrogen and oxygen atoms in total. The van der Waals surface area contributed by atoms with Gasteiger partial charge in [-0.3, -0.25) is 9.80 Å². The summed E-state index contributed by atoms with van der Waals surface area (Å²) in [6, 6.07) is 2.44. The molecular weight excluding hydrogens is 184 g/mol. The van der Waals surface area contributed by atoms with E-state index in [0.29, 0.717) is 0 Å². The van der Waals surface area contributed by atoms with E-state index in [1.165, 1.54) is 32.5 Å². The molecule has 2 aliphatic rings. The van der Waals surface area contributed by atoms with Gasteiger partial charge in [-0.1, -0.05) is 13.8 Å². The average Bonchev–Trinajstić information content (AvgIpc) is 2.40. The van der Waals surface area contributed by atoms with Crippen LogP contribution in [0.4, 0.5) is 0 Å². The molecule has 0 radical (unpaired) electrons. The highest BCUT2D eigenvalue weighted by Crippen LogP contribution is 2.31. The van der Waals surface area contributed by atoms with E-state index in [2.05, 4.69) is 37.5 Å². The van der Waals surface area contributed by atoms with Crippen molar-refractivity contribution in [3.8, 4) is 0 Å². The van der Waals surface area contributed by atoms with Crippen LogP contribution in [0, 0.1) is 5.92 Å². The monoisotopic (exact) mass is 210 g/mol. The molecular formula is C13H26N2. The Labute approximate surface area is 94.6 Å². The zero-order valence-corrected chi connectivity index (χ0v) is 10.7. The van der Waals surface area contributed by atoms with Gasteiger partial charge in [0.05, 0.1) is 0 Å². The Morgan fingerprint density at radius 2 is 1.53 bits per heavy atom. The van der Waals surface area contributed by atoms with E-state index in [4.69, 9.17) is 0 Å². The highest BCUT2D eigenvalue weighted by Gasteiger charge is 2.40. The molecule has 2 rings (SSSR count). The first kappa shape index (κ1) is 11.4. The van der Waals surface area contributed by atoms with Crippen LogP contribution in [0.1, 0.15) is 40.5 Å². The number of hydrogen-bond acceptors (Lipinski definition) is 2. The molecule has 2 heteroatoms. The molecule has 2 unspecified atom stereocenters. The van der Waals surface area contributed by atoms with Crippen LogP contribution in [-0.2, 0) is 0 Å². The molecule has 0 spiro atoms. The fourth-order valence-corrected chi connectivity index (χ4v) is 3.16. The predicted molar refractivity (Wildman–Crippen MR) is 65.1 cm³/mol. The summed E-state index contributed by atoms with van der Waals surface area (Å²) in [7, 11) is 0. The first-order valence-electron chi connectivity index (χ1n) is 6.57. The molecule has 2 fully saturated rings. The Hall–Kier alpha value is -0.0800. The van der Waals surface area contributed by atoms with Crippen LogP contribution in [0.3, 0.4) is 0 Å². The lowest BCUT2D eigenvalue weighted by Gasteiger charge is -2.43. The Morgan fingerprint density at radius 1 is 1.00 bits per heavy atom. The number of nitrogens with zero attached hydrogens (tertiary/aromatic N) is 2. The summed E-state index contributed by atoms with van der Waals surface area (Å²) in [6.07, 6.45) is 2.86. The second-order valence-corrected chi connectivity index (χ2v) is 6.02. The topological polar surface area (TPSA) is 6.48 Å². The molecule has 0 saturated carbocycles. The van der Waals surface area contributed by atoms with Gasteiger partial charge in [-0.25, -0.2) is 0 Å². The lowest BCUT2D eigenvalue weighted by Crippen LogP contribution is -2.56. The van der Waals surface area contributed by atoms with Gasteiger partial charge in [0.1, 0.15) is 0 Å².